The molecule has 0 amide bonds. The fraction of sp³-hybridized carbons (Fsp3) is 0.0833. The van der Waals surface area contributed by atoms with Gasteiger partial charge < -0.3 is 19.9 Å². The first-order valence-corrected chi connectivity index (χ1v) is 10.1. The van der Waals surface area contributed by atoms with Crippen molar-refractivity contribution in [3.05, 3.63) is 99.3 Å². The number of carbonyl (C=O) groups excluding carboxylic acids is 1. The zero-order chi connectivity index (χ0) is 22.0. The zero-order valence-corrected chi connectivity index (χ0v) is 18.0. The number of rotatable bonds is 4. The van der Waals surface area contributed by atoms with E-state index in [2.05, 4.69) is 22.0 Å². The van der Waals surface area contributed by atoms with E-state index in [0.29, 0.717) is 28.4 Å². The molecule has 1 atom stereocenters. The molecule has 0 aliphatic carbocycles. The molecule has 1 aliphatic heterocycles. The highest BCUT2D eigenvalue weighted by Crippen LogP contribution is 2.43. The Morgan fingerprint density at radius 2 is 1.90 bits per heavy atom. The van der Waals surface area contributed by atoms with Gasteiger partial charge in [-0.05, 0) is 42.0 Å². The highest BCUT2D eigenvalue weighted by atomic mass is 79.9. The van der Waals surface area contributed by atoms with Gasteiger partial charge in [-0.3, -0.25) is 0 Å². The monoisotopic (exact) mass is 476 g/mol. The number of fused-ring (bicyclic) bond motifs is 1. The normalized spacial score (nSPS) is 14.8. The van der Waals surface area contributed by atoms with Gasteiger partial charge in [0, 0.05) is 16.1 Å². The molecule has 0 radical (unpaired) electrons. The van der Waals surface area contributed by atoms with Gasteiger partial charge in [-0.25, -0.2) is 4.79 Å². The molecule has 7 heteroatoms. The number of hydrogen-bond acceptors (Lipinski definition) is 6. The number of methoxy groups -OCH3 is 1. The molecule has 3 aromatic rings. The van der Waals surface area contributed by atoms with Crippen LogP contribution in [0.15, 0.2) is 82.7 Å². The lowest BCUT2D eigenvalue weighted by atomic mass is 9.83. The van der Waals surface area contributed by atoms with Crippen LogP contribution in [0.5, 0.6) is 17.2 Å². The minimum Gasteiger partial charge on any atom is -0.497 e. The first-order valence-electron chi connectivity index (χ1n) is 9.33. The van der Waals surface area contributed by atoms with E-state index in [-0.39, 0.29) is 5.88 Å². The molecule has 4 rings (SSSR count). The number of benzene rings is 3. The Kier molecular flexibility index (Phi) is 5.65. The van der Waals surface area contributed by atoms with Gasteiger partial charge in [0.15, 0.2) is 0 Å². The van der Waals surface area contributed by atoms with Crippen LogP contribution in [0.2, 0.25) is 0 Å². The molecular formula is C24H17BrN2O4. The number of allylic oxidation sites excluding steroid dienone is 1. The Hall–Kier alpha value is -3.76. The standard InChI is InChI=1S/C24H17BrN2O4/c1-29-17-7-3-5-15(11-17)24(28)30-18-8-9-19-21(12-18)31-23(27)20(13-26)22(19)14-4-2-6-16(25)10-14/h2-12,22H,27H2,1H3. The number of ether oxygens (including phenoxy) is 3. The number of nitrogens with zero attached hydrogens (tertiary/aromatic N) is 1. The van der Waals surface area contributed by atoms with Crippen LogP contribution in [0, 0.1) is 11.3 Å². The quantitative estimate of drug-likeness (QED) is 0.425. The Morgan fingerprint density at radius 1 is 1.10 bits per heavy atom. The van der Waals surface area contributed by atoms with Crippen LogP contribution in [0.4, 0.5) is 0 Å². The Labute approximate surface area is 187 Å². The molecule has 0 saturated carbocycles. The molecule has 6 nitrogen and oxygen atoms in total. The lowest BCUT2D eigenvalue weighted by molar-refractivity contribution is 0.0734. The summed E-state index contributed by atoms with van der Waals surface area (Å²) in [6.45, 7) is 0. The topological polar surface area (TPSA) is 94.6 Å². The second-order valence-electron chi connectivity index (χ2n) is 6.80. The van der Waals surface area contributed by atoms with Crippen molar-refractivity contribution in [2.75, 3.05) is 7.11 Å². The highest BCUT2D eigenvalue weighted by Gasteiger charge is 2.31. The molecule has 0 saturated heterocycles. The van der Waals surface area contributed by atoms with Crippen molar-refractivity contribution < 1.29 is 19.0 Å². The Balaban J connectivity index is 1.68. The summed E-state index contributed by atoms with van der Waals surface area (Å²) in [6, 6.07) is 21.5. The van der Waals surface area contributed by atoms with Crippen LogP contribution in [0.3, 0.4) is 0 Å². The van der Waals surface area contributed by atoms with Crippen LogP contribution >= 0.6 is 15.9 Å². The average molecular weight is 477 g/mol. The fourth-order valence-electron chi connectivity index (χ4n) is 3.44. The number of nitrogens with two attached hydrogens (primary N) is 1. The largest absolute Gasteiger partial charge is 0.497 e. The van der Waals surface area contributed by atoms with E-state index >= 15 is 0 Å². The number of hydrogen-bond donors (Lipinski definition) is 1. The Bertz CT molecular complexity index is 1250. The van der Waals surface area contributed by atoms with Gasteiger partial charge in [-0.15, -0.1) is 0 Å². The zero-order valence-electron chi connectivity index (χ0n) is 16.5. The van der Waals surface area contributed by atoms with Gasteiger partial charge in [0.1, 0.15) is 28.9 Å². The molecule has 1 aliphatic rings. The van der Waals surface area contributed by atoms with E-state index in [0.717, 1.165) is 15.6 Å². The average Bonchev–Trinajstić information content (AvgIpc) is 2.78. The van der Waals surface area contributed by atoms with Crippen LogP contribution in [-0.2, 0) is 0 Å². The first-order chi connectivity index (χ1) is 15.0. The SMILES string of the molecule is COc1cccc(C(=O)Oc2ccc3c(c2)OC(N)=C(C#N)C3c2cccc(Br)c2)c1. The van der Waals surface area contributed by atoms with Crippen molar-refractivity contribution in [1.29, 1.82) is 5.26 Å². The highest BCUT2D eigenvalue weighted by molar-refractivity contribution is 9.10. The van der Waals surface area contributed by atoms with Gasteiger partial charge in [-0.1, -0.05) is 40.2 Å². The number of nitriles is 1. The summed E-state index contributed by atoms with van der Waals surface area (Å²) in [7, 11) is 1.53. The van der Waals surface area contributed by atoms with E-state index in [1.165, 1.54) is 7.11 Å². The summed E-state index contributed by atoms with van der Waals surface area (Å²) in [5.41, 5.74) is 8.37. The van der Waals surface area contributed by atoms with Gasteiger partial charge in [0.05, 0.1) is 18.6 Å². The summed E-state index contributed by atoms with van der Waals surface area (Å²) < 4.78 is 17.2. The van der Waals surface area contributed by atoms with Crippen molar-refractivity contribution in [1.82, 2.24) is 0 Å². The summed E-state index contributed by atoms with van der Waals surface area (Å²) in [5.74, 6) is 0.386. The summed E-state index contributed by atoms with van der Waals surface area (Å²) in [6.07, 6.45) is 0. The molecule has 0 bridgehead atoms. The van der Waals surface area contributed by atoms with Crippen LogP contribution in [0.25, 0.3) is 0 Å². The number of carbonyl (C=O) groups is 1. The number of esters is 1. The molecule has 154 valence electrons. The third-order valence-corrected chi connectivity index (χ3v) is 5.38. The number of halogens is 1. The molecule has 0 spiro atoms. The minimum atomic E-state index is -0.528. The van der Waals surface area contributed by atoms with Crippen LogP contribution < -0.4 is 19.9 Å². The van der Waals surface area contributed by atoms with Crippen molar-refractivity contribution in [3.8, 4) is 23.3 Å². The molecule has 1 unspecified atom stereocenters. The maximum absolute atomic E-state index is 12.5. The van der Waals surface area contributed by atoms with Crippen molar-refractivity contribution in [2.45, 2.75) is 5.92 Å². The van der Waals surface area contributed by atoms with E-state index in [1.807, 2.05) is 24.3 Å². The Morgan fingerprint density at radius 3 is 2.65 bits per heavy atom. The predicted molar refractivity (Wildman–Crippen MR) is 118 cm³/mol. The van der Waals surface area contributed by atoms with Crippen molar-refractivity contribution in [2.24, 2.45) is 5.73 Å². The predicted octanol–water partition coefficient (Wildman–Crippen LogP) is 4.90. The van der Waals surface area contributed by atoms with E-state index in [1.54, 1.807) is 42.5 Å². The second-order valence-corrected chi connectivity index (χ2v) is 7.72. The maximum atomic E-state index is 12.5. The van der Waals surface area contributed by atoms with E-state index < -0.39 is 11.9 Å². The second kappa shape index (κ2) is 8.54. The fourth-order valence-corrected chi connectivity index (χ4v) is 3.86. The minimum absolute atomic E-state index is 0.0243. The lowest BCUT2D eigenvalue weighted by Crippen LogP contribution is -2.21. The van der Waals surface area contributed by atoms with Crippen molar-refractivity contribution >= 4 is 21.9 Å². The van der Waals surface area contributed by atoms with E-state index in [4.69, 9.17) is 19.9 Å². The van der Waals surface area contributed by atoms with Crippen LogP contribution in [-0.4, -0.2) is 13.1 Å². The lowest BCUT2D eigenvalue weighted by Gasteiger charge is -2.26. The van der Waals surface area contributed by atoms with Crippen LogP contribution in [0.1, 0.15) is 27.4 Å². The van der Waals surface area contributed by atoms with Gasteiger partial charge >= 0.3 is 5.97 Å². The summed E-state index contributed by atoms with van der Waals surface area (Å²) in [5, 5.41) is 9.67. The van der Waals surface area contributed by atoms with Gasteiger partial charge in [0.2, 0.25) is 5.88 Å². The molecule has 0 aromatic heterocycles. The molecule has 1 heterocycles. The smallest absolute Gasteiger partial charge is 0.343 e. The van der Waals surface area contributed by atoms with Crippen molar-refractivity contribution in [3.63, 3.8) is 0 Å². The summed E-state index contributed by atoms with van der Waals surface area (Å²) in [4.78, 5) is 12.5. The molecule has 0 fully saturated rings. The third kappa shape index (κ3) is 4.11. The molecule has 3 aromatic carbocycles. The maximum Gasteiger partial charge on any atom is 0.343 e. The third-order valence-electron chi connectivity index (χ3n) is 4.89. The molecule has 2 N–H and O–H groups in total. The van der Waals surface area contributed by atoms with E-state index in [9.17, 15) is 10.1 Å². The van der Waals surface area contributed by atoms with Gasteiger partial charge in [-0.2, -0.15) is 5.26 Å². The first kappa shape index (κ1) is 20.5. The summed E-state index contributed by atoms with van der Waals surface area (Å²) >= 11 is 3.47. The molecule has 31 heavy (non-hydrogen) atoms. The van der Waals surface area contributed by atoms with Gasteiger partial charge in [0.25, 0.3) is 0 Å². The molecular weight excluding hydrogens is 460 g/mol.